The van der Waals surface area contributed by atoms with Crippen LogP contribution in [0.1, 0.15) is 12.5 Å². The van der Waals surface area contributed by atoms with E-state index in [1.54, 1.807) is 25.5 Å². The van der Waals surface area contributed by atoms with E-state index in [1.807, 2.05) is 29.0 Å². The summed E-state index contributed by atoms with van der Waals surface area (Å²) in [6.45, 7) is 1.14. The lowest BCUT2D eigenvalue weighted by Gasteiger charge is -2.04. The van der Waals surface area contributed by atoms with E-state index in [1.165, 1.54) is 12.1 Å². The van der Waals surface area contributed by atoms with Gasteiger partial charge in [0.25, 0.3) is 10.0 Å². The molecule has 0 atom stereocenters. The predicted molar refractivity (Wildman–Crippen MR) is 87.7 cm³/mol. The molecule has 0 heterocycles. The number of methoxy groups -OCH3 is 1. The second-order valence-electron chi connectivity index (χ2n) is 4.69. The Balaban J connectivity index is 2.13. The summed E-state index contributed by atoms with van der Waals surface area (Å²) < 4.78 is 30.6. The summed E-state index contributed by atoms with van der Waals surface area (Å²) in [5, 5.41) is 0. The van der Waals surface area contributed by atoms with E-state index in [0.717, 1.165) is 18.2 Å². The number of hydrogen-bond donors (Lipinski definition) is 1. The monoisotopic (exact) mass is 332 g/mol. The second kappa shape index (κ2) is 7.06. The van der Waals surface area contributed by atoms with Crippen molar-refractivity contribution in [2.24, 2.45) is 4.99 Å². The number of benzene rings is 2. The maximum absolute atomic E-state index is 11.8. The molecule has 0 aromatic heterocycles. The first-order chi connectivity index (χ1) is 10.9. The van der Waals surface area contributed by atoms with Crippen molar-refractivity contribution in [1.29, 1.82) is 0 Å². The molecule has 0 spiro atoms. The highest BCUT2D eigenvalue weighted by Crippen LogP contribution is 2.17. The van der Waals surface area contributed by atoms with Crippen LogP contribution in [0.15, 0.2) is 58.4 Å². The van der Waals surface area contributed by atoms with Crippen molar-refractivity contribution in [1.82, 2.24) is 4.72 Å². The van der Waals surface area contributed by atoms with Gasteiger partial charge in [0.2, 0.25) is 5.91 Å². The number of carbonyl (C=O) groups is 1. The van der Waals surface area contributed by atoms with Gasteiger partial charge in [-0.1, -0.05) is 0 Å². The minimum Gasteiger partial charge on any atom is -0.497 e. The number of rotatable bonds is 5. The number of hydrogen-bond acceptors (Lipinski definition) is 5. The average Bonchev–Trinajstić information content (AvgIpc) is 2.52. The number of amides is 1. The standard InChI is InChI=1S/C16H16N2O4S/c1-12(19)18-23(20,21)16-9-5-14(6-10-16)17-11-13-3-7-15(22-2)8-4-13/h3-11H,1-2H3,(H,18,19). The highest BCUT2D eigenvalue weighted by Gasteiger charge is 2.14. The smallest absolute Gasteiger partial charge is 0.264 e. The first kappa shape index (κ1) is 16.7. The molecular formula is C16H16N2O4S. The van der Waals surface area contributed by atoms with E-state index >= 15 is 0 Å². The van der Waals surface area contributed by atoms with Crippen molar-refractivity contribution in [3.05, 3.63) is 54.1 Å². The molecule has 2 aromatic carbocycles. The van der Waals surface area contributed by atoms with Gasteiger partial charge < -0.3 is 4.74 Å². The summed E-state index contributed by atoms with van der Waals surface area (Å²) in [6.07, 6.45) is 1.66. The normalized spacial score (nSPS) is 11.4. The van der Waals surface area contributed by atoms with Crippen LogP contribution in [0.3, 0.4) is 0 Å². The van der Waals surface area contributed by atoms with Gasteiger partial charge in [-0.15, -0.1) is 0 Å². The zero-order chi connectivity index (χ0) is 16.9. The van der Waals surface area contributed by atoms with Crippen LogP contribution in [0.25, 0.3) is 0 Å². The first-order valence-electron chi connectivity index (χ1n) is 6.72. The molecule has 0 aliphatic heterocycles. The Bertz CT molecular complexity index is 810. The molecule has 120 valence electrons. The molecule has 0 bridgehead atoms. The van der Waals surface area contributed by atoms with Crippen LogP contribution in [-0.4, -0.2) is 27.6 Å². The molecule has 1 amide bonds. The van der Waals surface area contributed by atoms with Crippen LogP contribution in [0.5, 0.6) is 5.75 Å². The molecule has 6 nitrogen and oxygen atoms in total. The van der Waals surface area contributed by atoms with Crippen LogP contribution in [0, 0.1) is 0 Å². The van der Waals surface area contributed by atoms with E-state index in [2.05, 4.69) is 4.99 Å². The van der Waals surface area contributed by atoms with Gasteiger partial charge in [0.05, 0.1) is 17.7 Å². The number of nitrogens with one attached hydrogen (secondary N) is 1. The molecule has 0 aliphatic carbocycles. The Kier molecular flexibility index (Phi) is 5.13. The SMILES string of the molecule is COc1ccc(C=Nc2ccc(S(=O)(=O)NC(C)=O)cc2)cc1. The van der Waals surface area contributed by atoms with E-state index in [0.29, 0.717) is 5.69 Å². The van der Waals surface area contributed by atoms with Crippen LogP contribution >= 0.6 is 0 Å². The molecular weight excluding hydrogens is 316 g/mol. The Morgan fingerprint density at radius 2 is 1.70 bits per heavy atom. The fourth-order valence-electron chi connectivity index (χ4n) is 1.80. The largest absolute Gasteiger partial charge is 0.497 e. The quantitative estimate of drug-likeness (QED) is 0.851. The lowest BCUT2D eigenvalue weighted by atomic mass is 10.2. The fraction of sp³-hybridized carbons (Fsp3) is 0.125. The zero-order valence-electron chi connectivity index (χ0n) is 12.7. The predicted octanol–water partition coefficient (Wildman–Crippen LogP) is 2.27. The summed E-state index contributed by atoms with van der Waals surface area (Å²) in [4.78, 5) is 15.2. The van der Waals surface area contributed by atoms with Crippen molar-refractivity contribution in [3.63, 3.8) is 0 Å². The van der Waals surface area contributed by atoms with Gasteiger partial charge in [-0.05, 0) is 54.1 Å². The molecule has 0 saturated carbocycles. The molecule has 2 aromatic rings. The van der Waals surface area contributed by atoms with Gasteiger partial charge in [-0.25, -0.2) is 13.1 Å². The molecule has 0 fully saturated rings. The molecule has 1 N–H and O–H groups in total. The van der Waals surface area contributed by atoms with E-state index in [9.17, 15) is 13.2 Å². The number of carbonyl (C=O) groups excluding carboxylic acids is 1. The topological polar surface area (TPSA) is 84.8 Å². The number of sulfonamides is 1. The molecule has 0 aliphatic rings. The molecule has 2 rings (SSSR count). The Hall–Kier alpha value is -2.67. The average molecular weight is 332 g/mol. The highest BCUT2D eigenvalue weighted by atomic mass is 32.2. The number of nitrogens with zero attached hydrogens (tertiary/aromatic N) is 1. The maximum Gasteiger partial charge on any atom is 0.264 e. The van der Waals surface area contributed by atoms with Crippen molar-refractivity contribution in [2.45, 2.75) is 11.8 Å². The van der Waals surface area contributed by atoms with Crippen molar-refractivity contribution < 1.29 is 17.9 Å². The molecule has 0 radical (unpaired) electrons. The minimum atomic E-state index is -3.82. The minimum absolute atomic E-state index is 0.0103. The third-order valence-electron chi connectivity index (χ3n) is 2.90. The Morgan fingerprint density at radius 1 is 1.09 bits per heavy atom. The van der Waals surface area contributed by atoms with Gasteiger partial charge in [-0.3, -0.25) is 9.79 Å². The van der Waals surface area contributed by atoms with Crippen LogP contribution in [0.4, 0.5) is 5.69 Å². The van der Waals surface area contributed by atoms with Crippen LogP contribution in [-0.2, 0) is 14.8 Å². The van der Waals surface area contributed by atoms with Gasteiger partial charge >= 0.3 is 0 Å². The molecule has 7 heteroatoms. The van der Waals surface area contributed by atoms with Gasteiger partial charge in [0.1, 0.15) is 5.75 Å². The van der Waals surface area contributed by atoms with Crippen LogP contribution in [0.2, 0.25) is 0 Å². The zero-order valence-corrected chi connectivity index (χ0v) is 13.5. The maximum atomic E-state index is 11.8. The first-order valence-corrected chi connectivity index (χ1v) is 8.20. The summed E-state index contributed by atoms with van der Waals surface area (Å²) in [7, 11) is -2.22. The van der Waals surface area contributed by atoms with Crippen molar-refractivity contribution in [3.8, 4) is 5.75 Å². The molecule has 0 unspecified atom stereocenters. The van der Waals surface area contributed by atoms with Gasteiger partial charge in [0.15, 0.2) is 0 Å². The highest BCUT2D eigenvalue weighted by molar-refractivity contribution is 7.90. The fourth-order valence-corrected chi connectivity index (χ4v) is 2.79. The van der Waals surface area contributed by atoms with Gasteiger partial charge in [-0.2, -0.15) is 0 Å². The third kappa shape index (κ3) is 4.65. The summed E-state index contributed by atoms with van der Waals surface area (Å²) >= 11 is 0. The summed E-state index contributed by atoms with van der Waals surface area (Å²) in [5.41, 5.74) is 1.49. The van der Waals surface area contributed by atoms with Gasteiger partial charge in [0, 0.05) is 13.1 Å². The number of ether oxygens (including phenoxy) is 1. The second-order valence-corrected chi connectivity index (χ2v) is 6.37. The number of aliphatic imine (C=N–C) groups is 1. The lowest BCUT2D eigenvalue weighted by molar-refractivity contribution is -0.117. The summed E-state index contributed by atoms with van der Waals surface area (Å²) in [6, 6.07) is 13.3. The molecule has 23 heavy (non-hydrogen) atoms. The Labute approximate surface area is 134 Å². The third-order valence-corrected chi connectivity index (χ3v) is 4.35. The summed E-state index contributed by atoms with van der Waals surface area (Å²) in [5.74, 6) is 0.126. The van der Waals surface area contributed by atoms with E-state index < -0.39 is 15.9 Å². The van der Waals surface area contributed by atoms with Crippen molar-refractivity contribution >= 4 is 27.8 Å². The van der Waals surface area contributed by atoms with Crippen LogP contribution < -0.4 is 9.46 Å². The Morgan fingerprint density at radius 3 is 2.22 bits per heavy atom. The lowest BCUT2D eigenvalue weighted by Crippen LogP contribution is -2.28. The molecule has 0 saturated heterocycles. The van der Waals surface area contributed by atoms with Crippen molar-refractivity contribution in [2.75, 3.05) is 7.11 Å². The van der Waals surface area contributed by atoms with E-state index in [-0.39, 0.29) is 4.90 Å². The van der Waals surface area contributed by atoms with E-state index in [4.69, 9.17) is 4.74 Å².